The van der Waals surface area contributed by atoms with E-state index in [2.05, 4.69) is 22.2 Å². The van der Waals surface area contributed by atoms with E-state index in [0.29, 0.717) is 37.7 Å². The van der Waals surface area contributed by atoms with Gasteiger partial charge in [0.15, 0.2) is 0 Å². The zero-order valence-electron chi connectivity index (χ0n) is 13.3. The number of aryl methyl sites for hydroxylation is 2. The first kappa shape index (κ1) is 16.1. The Morgan fingerprint density at radius 3 is 3.13 bits per heavy atom. The fourth-order valence-electron chi connectivity index (χ4n) is 3.04. The highest BCUT2D eigenvalue weighted by molar-refractivity contribution is 7.18. The van der Waals surface area contributed by atoms with E-state index in [1.165, 1.54) is 10.4 Å². The van der Waals surface area contributed by atoms with Crippen molar-refractivity contribution >= 4 is 27.5 Å². The molecule has 0 aromatic carbocycles. The van der Waals surface area contributed by atoms with E-state index in [1.807, 2.05) is 0 Å². The van der Waals surface area contributed by atoms with Crippen LogP contribution in [0.2, 0.25) is 0 Å². The first-order valence-electron chi connectivity index (χ1n) is 8.08. The Morgan fingerprint density at radius 2 is 2.35 bits per heavy atom. The van der Waals surface area contributed by atoms with Gasteiger partial charge in [-0.1, -0.05) is 6.92 Å². The minimum Gasteiger partial charge on any atom is -0.355 e. The summed E-state index contributed by atoms with van der Waals surface area (Å²) in [5.41, 5.74) is 6.46. The Balaban J connectivity index is 1.81. The highest BCUT2D eigenvalue weighted by Crippen LogP contribution is 2.35. The lowest BCUT2D eigenvalue weighted by molar-refractivity contribution is -0.121. The van der Waals surface area contributed by atoms with E-state index >= 15 is 0 Å². The van der Waals surface area contributed by atoms with Crippen LogP contribution < -0.4 is 16.6 Å². The predicted molar refractivity (Wildman–Crippen MR) is 91.8 cm³/mol. The summed E-state index contributed by atoms with van der Waals surface area (Å²) in [6, 6.07) is 0. The summed E-state index contributed by atoms with van der Waals surface area (Å²) in [4.78, 5) is 33.6. The van der Waals surface area contributed by atoms with Gasteiger partial charge in [-0.25, -0.2) is 4.98 Å². The number of hydrogen-bond donors (Lipinski definition) is 3. The number of nitrogens with one attached hydrogen (secondary N) is 2. The number of thiophene rings is 1. The van der Waals surface area contributed by atoms with Crippen molar-refractivity contribution in [1.29, 1.82) is 0 Å². The predicted octanol–water partition coefficient (Wildman–Crippen LogP) is 1.12. The van der Waals surface area contributed by atoms with Crippen molar-refractivity contribution in [3.63, 3.8) is 0 Å². The molecule has 0 fully saturated rings. The second kappa shape index (κ2) is 6.80. The first-order chi connectivity index (χ1) is 11.1. The van der Waals surface area contributed by atoms with Crippen molar-refractivity contribution < 1.29 is 4.79 Å². The molecule has 2 aromatic heterocycles. The molecular weight excluding hydrogens is 312 g/mol. The fourth-order valence-corrected chi connectivity index (χ4v) is 4.45. The zero-order chi connectivity index (χ0) is 16.4. The summed E-state index contributed by atoms with van der Waals surface area (Å²) >= 11 is 1.63. The van der Waals surface area contributed by atoms with Gasteiger partial charge >= 0.3 is 0 Å². The number of carbonyl (C=O) groups excluding carboxylic acids is 1. The maximum Gasteiger partial charge on any atom is 0.259 e. The number of nitrogens with two attached hydrogens (primary N) is 1. The van der Waals surface area contributed by atoms with Crippen molar-refractivity contribution in [3.8, 4) is 0 Å². The van der Waals surface area contributed by atoms with E-state index in [9.17, 15) is 9.59 Å². The molecule has 1 aliphatic carbocycles. The summed E-state index contributed by atoms with van der Waals surface area (Å²) in [7, 11) is 0. The lowest BCUT2D eigenvalue weighted by Gasteiger charge is -2.17. The zero-order valence-corrected chi connectivity index (χ0v) is 14.1. The Kier molecular flexibility index (Phi) is 4.77. The van der Waals surface area contributed by atoms with E-state index < -0.39 is 0 Å². The average molecular weight is 334 g/mol. The largest absolute Gasteiger partial charge is 0.355 e. The van der Waals surface area contributed by atoms with Crippen molar-refractivity contribution in [2.45, 2.75) is 39.0 Å². The van der Waals surface area contributed by atoms with Crippen LogP contribution in [0.1, 0.15) is 36.0 Å². The smallest absolute Gasteiger partial charge is 0.259 e. The van der Waals surface area contributed by atoms with Crippen molar-refractivity contribution in [1.82, 2.24) is 15.3 Å². The van der Waals surface area contributed by atoms with Crippen LogP contribution in [-0.4, -0.2) is 29.0 Å². The first-order valence-corrected chi connectivity index (χ1v) is 8.90. The molecule has 0 radical (unpaired) electrons. The van der Waals surface area contributed by atoms with Gasteiger partial charge in [0.2, 0.25) is 5.91 Å². The molecule has 2 heterocycles. The minimum atomic E-state index is -0.0718. The molecule has 4 N–H and O–H groups in total. The molecule has 6 nitrogen and oxygen atoms in total. The van der Waals surface area contributed by atoms with E-state index in [4.69, 9.17) is 5.73 Å². The number of amides is 1. The quantitative estimate of drug-likeness (QED) is 0.762. The van der Waals surface area contributed by atoms with Gasteiger partial charge < -0.3 is 16.0 Å². The standard InChI is InChI=1S/C16H22N4O2S/c1-9-2-3-10-11(8-9)23-16-14(10)15(22)19-12(20-16)4-5-13(21)18-7-6-17/h9H,2-8,17H2,1H3,(H,18,21)(H,19,20,22). The van der Waals surface area contributed by atoms with Gasteiger partial charge in [0, 0.05) is 30.8 Å². The Hall–Kier alpha value is -1.73. The number of rotatable bonds is 5. The van der Waals surface area contributed by atoms with E-state index in [-0.39, 0.29) is 11.5 Å². The molecule has 0 saturated carbocycles. The lowest BCUT2D eigenvalue weighted by atomic mass is 9.89. The molecule has 3 rings (SSSR count). The van der Waals surface area contributed by atoms with Crippen LogP contribution in [0.4, 0.5) is 0 Å². The van der Waals surface area contributed by atoms with Crippen molar-refractivity contribution in [2.24, 2.45) is 11.7 Å². The van der Waals surface area contributed by atoms with Gasteiger partial charge in [-0.05, 0) is 30.7 Å². The van der Waals surface area contributed by atoms with Crippen LogP contribution in [0.3, 0.4) is 0 Å². The number of fused-ring (bicyclic) bond motifs is 3. The molecule has 23 heavy (non-hydrogen) atoms. The van der Waals surface area contributed by atoms with E-state index in [0.717, 1.165) is 29.5 Å². The molecule has 0 bridgehead atoms. The molecule has 124 valence electrons. The maximum atomic E-state index is 12.4. The van der Waals surface area contributed by atoms with Gasteiger partial charge in [0.05, 0.1) is 5.39 Å². The summed E-state index contributed by atoms with van der Waals surface area (Å²) in [5, 5.41) is 3.48. The van der Waals surface area contributed by atoms with Gasteiger partial charge in [-0.3, -0.25) is 9.59 Å². The number of aromatic amines is 1. The number of hydrogen-bond acceptors (Lipinski definition) is 5. The summed E-state index contributed by atoms with van der Waals surface area (Å²) < 4.78 is 0. The van der Waals surface area contributed by atoms with Crippen LogP contribution in [-0.2, 0) is 24.1 Å². The molecule has 7 heteroatoms. The van der Waals surface area contributed by atoms with Crippen LogP contribution in [0.5, 0.6) is 0 Å². The molecule has 0 aliphatic heterocycles. The van der Waals surface area contributed by atoms with Crippen molar-refractivity contribution in [2.75, 3.05) is 13.1 Å². The molecular formula is C16H22N4O2S. The maximum absolute atomic E-state index is 12.4. The third-order valence-electron chi connectivity index (χ3n) is 4.27. The molecule has 1 amide bonds. The minimum absolute atomic E-state index is 0.0700. The Labute approximate surface area is 138 Å². The van der Waals surface area contributed by atoms with Gasteiger partial charge in [0.1, 0.15) is 10.7 Å². The monoisotopic (exact) mass is 334 g/mol. The van der Waals surface area contributed by atoms with Crippen LogP contribution in [0.25, 0.3) is 10.2 Å². The summed E-state index contributed by atoms with van der Waals surface area (Å²) in [6.07, 6.45) is 3.85. The molecule has 1 atom stereocenters. The number of aromatic nitrogens is 2. The van der Waals surface area contributed by atoms with Gasteiger partial charge in [-0.2, -0.15) is 0 Å². The summed E-state index contributed by atoms with van der Waals surface area (Å²) in [5.74, 6) is 1.18. The normalized spacial score (nSPS) is 17.2. The second-order valence-electron chi connectivity index (χ2n) is 6.18. The number of H-pyrrole nitrogens is 1. The summed E-state index contributed by atoms with van der Waals surface area (Å²) in [6.45, 7) is 3.14. The van der Waals surface area contributed by atoms with Gasteiger partial charge in [-0.15, -0.1) is 11.3 Å². The Bertz CT molecular complexity index is 780. The highest BCUT2D eigenvalue weighted by Gasteiger charge is 2.23. The number of nitrogens with zero attached hydrogens (tertiary/aromatic N) is 1. The van der Waals surface area contributed by atoms with Gasteiger partial charge in [0.25, 0.3) is 5.56 Å². The molecule has 0 saturated heterocycles. The average Bonchev–Trinajstić information content (AvgIpc) is 2.88. The SMILES string of the molecule is CC1CCc2c(sc3nc(CCC(=O)NCCN)[nH]c(=O)c23)C1. The van der Waals surface area contributed by atoms with E-state index in [1.54, 1.807) is 11.3 Å². The number of carbonyl (C=O) groups is 1. The Morgan fingerprint density at radius 1 is 1.52 bits per heavy atom. The fraction of sp³-hybridized carbons (Fsp3) is 0.562. The highest BCUT2D eigenvalue weighted by atomic mass is 32.1. The molecule has 0 spiro atoms. The second-order valence-corrected chi connectivity index (χ2v) is 7.27. The van der Waals surface area contributed by atoms with Crippen LogP contribution in [0, 0.1) is 5.92 Å². The van der Waals surface area contributed by atoms with Crippen LogP contribution in [0.15, 0.2) is 4.79 Å². The van der Waals surface area contributed by atoms with Crippen LogP contribution >= 0.6 is 11.3 Å². The topological polar surface area (TPSA) is 101 Å². The third kappa shape index (κ3) is 3.45. The lowest BCUT2D eigenvalue weighted by Crippen LogP contribution is -2.29. The molecule has 2 aromatic rings. The molecule has 1 aliphatic rings. The molecule has 1 unspecified atom stereocenters. The van der Waals surface area contributed by atoms with Crippen molar-refractivity contribution in [3.05, 3.63) is 26.6 Å². The third-order valence-corrected chi connectivity index (χ3v) is 5.42.